The summed E-state index contributed by atoms with van der Waals surface area (Å²) in [4.78, 5) is 22.6. The number of anilines is 1. The average molecular weight is 296 g/mol. The summed E-state index contributed by atoms with van der Waals surface area (Å²) in [5.74, 6) is 0.264. The molecule has 2 rings (SSSR count). The van der Waals surface area contributed by atoms with Crippen LogP contribution in [0.3, 0.4) is 0 Å². The zero-order valence-corrected chi connectivity index (χ0v) is 12.6. The van der Waals surface area contributed by atoms with Crippen molar-refractivity contribution < 1.29 is 4.79 Å². The molecule has 20 heavy (non-hydrogen) atoms. The molecule has 1 atom stereocenters. The minimum Gasteiger partial charge on any atom is -0.369 e. The largest absolute Gasteiger partial charge is 0.369 e. The van der Waals surface area contributed by atoms with Crippen molar-refractivity contribution in [2.24, 2.45) is 0 Å². The summed E-state index contributed by atoms with van der Waals surface area (Å²) in [5.41, 5.74) is 7.08. The van der Waals surface area contributed by atoms with E-state index in [-0.39, 0.29) is 11.9 Å². The normalized spacial score (nSPS) is 12.6. The molecule has 0 aliphatic heterocycles. The van der Waals surface area contributed by atoms with Gasteiger partial charge in [0.1, 0.15) is 11.6 Å². The SMILES string of the molecule is CCN(CC)C(=O)C(C)n1c(N)nc2cc(Cl)cnc21. The molecule has 6 nitrogen and oxygen atoms in total. The number of carbonyl (C=O) groups is 1. The fourth-order valence-electron chi connectivity index (χ4n) is 2.27. The first-order valence-corrected chi connectivity index (χ1v) is 6.95. The smallest absolute Gasteiger partial charge is 0.245 e. The Morgan fingerprint density at radius 1 is 1.50 bits per heavy atom. The number of pyridine rings is 1. The van der Waals surface area contributed by atoms with Gasteiger partial charge in [0.2, 0.25) is 11.9 Å². The summed E-state index contributed by atoms with van der Waals surface area (Å²) in [5, 5.41) is 0.491. The number of hydrogen-bond acceptors (Lipinski definition) is 4. The third-order valence-corrected chi connectivity index (χ3v) is 3.55. The van der Waals surface area contributed by atoms with E-state index in [1.54, 1.807) is 22.5 Å². The summed E-state index contributed by atoms with van der Waals surface area (Å²) in [6.45, 7) is 7.01. The number of rotatable bonds is 4. The molecular formula is C13H18ClN5O. The van der Waals surface area contributed by atoms with Crippen molar-refractivity contribution in [2.75, 3.05) is 18.8 Å². The summed E-state index contributed by atoms with van der Waals surface area (Å²) in [7, 11) is 0. The van der Waals surface area contributed by atoms with Gasteiger partial charge in [-0.2, -0.15) is 0 Å². The molecule has 0 aliphatic carbocycles. The molecule has 2 N–H and O–H groups in total. The van der Waals surface area contributed by atoms with E-state index in [0.717, 1.165) is 0 Å². The number of hydrogen-bond donors (Lipinski definition) is 1. The molecule has 0 spiro atoms. The molecule has 0 aliphatic rings. The van der Waals surface area contributed by atoms with E-state index in [4.69, 9.17) is 17.3 Å². The molecule has 2 heterocycles. The van der Waals surface area contributed by atoms with Crippen LogP contribution in [0.2, 0.25) is 5.02 Å². The number of nitrogen functional groups attached to an aromatic ring is 1. The Hall–Kier alpha value is -1.82. The molecular weight excluding hydrogens is 278 g/mol. The van der Waals surface area contributed by atoms with Gasteiger partial charge in [-0.05, 0) is 26.8 Å². The highest BCUT2D eigenvalue weighted by Crippen LogP contribution is 2.24. The monoisotopic (exact) mass is 295 g/mol. The lowest BCUT2D eigenvalue weighted by atomic mass is 10.2. The molecule has 108 valence electrons. The Bertz CT molecular complexity index is 635. The Morgan fingerprint density at radius 3 is 2.75 bits per heavy atom. The summed E-state index contributed by atoms with van der Waals surface area (Å²) in [6.07, 6.45) is 1.52. The fraction of sp³-hybridized carbons (Fsp3) is 0.462. The maximum absolute atomic E-state index is 12.4. The number of fused-ring (bicyclic) bond motifs is 1. The molecule has 0 aromatic carbocycles. The summed E-state index contributed by atoms with van der Waals surface area (Å²) >= 11 is 5.89. The van der Waals surface area contributed by atoms with Crippen molar-refractivity contribution in [2.45, 2.75) is 26.8 Å². The number of imidazole rings is 1. The van der Waals surface area contributed by atoms with Gasteiger partial charge in [0.15, 0.2) is 5.65 Å². The highest BCUT2D eigenvalue weighted by atomic mass is 35.5. The zero-order valence-electron chi connectivity index (χ0n) is 11.8. The minimum absolute atomic E-state index is 0.00208. The standard InChI is InChI=1S/C13H18ClN5O/c1-4-18(5-2)12(20)8(3)19-11-10(17-13(19)15)6-9(14)7-16-11/h6-8H,4-5H2,1-3H3,(H2,15,17). The molecule has 0 saturated carbocycles. The number of nitrogens with two attached hydrogens (primary N) is 1. The average Bonchev–Trinajstić information content (AvgIpc) is 2.74. The van der Waals surface area contributed by atoms with Crippen molar-refractivity contribution in [3.63, 3.8) is 0 Å². The van der Waals surface area contributed by atoms with Crippen molar-refractivity contribution in [3.05, 3.63) is 17.3 Å². The molecule has 0 saturated heterocycles. The Labute approximate surface area is 122 Å². The molecule has 1 unspecified atom stereocenters. The third-order valence-electron chi connectivity index (χ3n) is 3.34. The van der Waals surface area contributed by atoms with E-state index in [2.05, 4.69) is 9.97 Å². The lowest BCUT2D eigenvalue weighted by Crippen LogP contribution is -2.36. The maximum atomic E-state index is 12.4. The number of halogens is 1. The molecule has 7 heteroatoms. The van der Waals surface area contributed by atoms with Crippen LogP contribution < -0.4 is 5.73 Å². The van der Waals surface area contributed by atoms with Gasteiger partial charge in [0, 0.05) is 19.3 Å². The number of likely N-dealkylation sites (N-methyl/N-ethyl adjacent to an activating group) is 1. The Balaban J connectivity index is 2.46. The van der Waals surface area contributed by atoms with Crippen molar-refractivity contribution in [1.29, 1.82) is 0 Å². The Kier molecular flexibility index (Phi) is 4.13. The molecule has 2 aromatic heterocycles. The van der Waals surface area contributed by atoms with Gasteiger partial charge in [0.05, 0.1) is 5.02 Å². The predicted octanol–water partition coefficient (Wildman–Crippen LogP) is 2.10. The summed E-state index contributed by atoms with van der Waals surface area (Å²) < 4.78 is 1.65. The van der Waals surface area contributed by atoms with Crippen LogP contribution in [0.4, 0.5) is 5.95 Å². The molecule has 0 radical (unpaired) electrons. The highest BCUT2D eigenvalue weighted by molar-refractivity contribution is 6.31. The van der Waals surface area contributed by atoms with E-state index >= 15 is 0 Å². The second-order valence-corrected chi connectivity index (χ2v) is 4.96. The van der Waals surface area contributed by atoms with Gasteiger partial charge >= 0.3 is 0 Å². The summed E-state index contributed by atoms with van der Waals surface area (Å²) in [6, 6.07) is 1.24. The number of carbonyl (C=O) groups excluding carboxylic acids is 1. The second kappa shape index (κ2) is 5.66. The van der Waals surface area contributed by atoms with E-state index < -0.39 is 6.04 Å². The second-order valence-electron chi connectivity index (χ2n) is 4.52. The Morgan fingerprint density at radius 2 is 2.15 bits per heavy atom. The van der Waals surface area contributed by atoms with Gasteiger partial charge in [-0.25, -0.2) is 9.97 Å². The van der Waals surface area contributed by atoms with Crippen molar-refractivity contribution in [3.8, 4) is 0 Å². The van der Waals surface area contributed by atoms with Crippen molar-refractivity contribution in [1.82, 2.24) is 19.4 Å². The van der Waals surface area contributed by atoms with E-state index in [1.807, 2.05) is 13.8 Å². The van der Waals surface area contributed by atoms with Crippen LogP contribution in [0.1, 0.15) is 26.8 Å². The van der Waals surface area contributed by atoms with E-state index in [1.165, 1.54) is 6.20 Å². The van der Waals surface area contributed by atoms with Gasteiger partial charge in [-0.3, -0.25) is 9.36 Å². The van der Waals surface area contributed by atoms with Crippen LogP contribution >= 0.6 is 11.6 Å². The molecule has 0 fully saturated rings. The number of aromatic nitrogens is 3. The third kappa shape index (κ3) is 2.43. The van der Waals surface area contributed by atoms with E-state index in [0.29, 0.717) is 29.3 Å². The van der Waals surface area contributed by atoms with Crippen LogP contribution in [0.15, 0.2) is 12.3 Å². The topological polar surface area (TPSA) is 77.0 Å². The fourth-order valence-corrected chi connectivity index (χ4v) is 2.42. The van der Waals surface area contributed by atoms with E-state index in [9.17, 15) is 4.79 Å². The lowest BCUT2D eigenvalue weighted by molar-refractivity contribution is -0.133. The highest BCUT2D eigenvalue weighted by Gasteiger charge is 2.24. The van der Waals surface area contributed by atoms with Gasteiger partial charge in [-0.15, -0.1) is 0 Å². The number of amides is 1. The zero-order chi connectivity index (χ0) is 14.9. The van der Waals surface area contributed by atoms with Crippen molar-refractivity contribution >= 4 is 34.6 Å². The van der Waals surface area contributed by atoms with Crippen LogP contribution in [0.5, 0.6) is 0 Å². The predicted molar refractivity (Wildman–Crippen MR) is 79.6 cm³/mol. The van der Waals surface area contributed by atoms with Gasteiger partial charge in [0.25, 0.3) is 0 Å². The molecule has 0 bridgehead atoms. The molecule has 1 amide bonds. The number of nitrogens with zero attached hydrogens (tertiary/aromatic N) is 4. The first kappa shape index (κ1) is 14.6. The first-order valence-electron chi connectivity index (χ1n) is 6.57. The first-order chi connectivity index (χ1) is 9.49. The van der Waals surface area contributed by atoms with Crippen LogP contribution in [0.25, 0.3) is 11.2 Å². The quantitative estimate of drug-likeness (QED) is 0.937. The lowest BCUT2D eigenvalue weighted by Gasteiger charge is -2.24. The van der Waals surface area contributed by atoms with Gasteiger partial charge < -0.3 is 10.6 Å². The van der Waals surface area contributed by atoms with Gasteiger partial charge in [-0.1, -0.05) is 11.6 Å². The van der Waals surface area contributed by atoms with Crippen LogP contribution in [-0.4, -0.2) is 38.4 Å². The minimum atomic E-state index is -0.450. The van der Waals surface area contributed by atoms with Crippen LogP contribution in [-0.2, 0) is 4.79 Å². The maximum Gasteiger partial charge on any atom is 0.245 e. The molecule has 2 aromatic rings. The van der Waals surface area contributed by atoms with Crippen LogP contribution in [0, 0.1) is 0 Å².